The maximum atomic E-state index is 11.9. The number of hydrogen-bond donors (Lipinski definition) is 2. The molecule has 0 aromatic heterocycles. The van der Waals surface area contributed by atoms with E-state index in [0.29, 0.717) is 31.6 Å². The van der Waals surface area contributed by atoms with Crippen molar-refractivity contribution in [1.82, 2.24) is 10.2 Å². The van der Waals surface area contributed by atoms with Gasteiger partial charge >= 0.3 is 6.09 Å². The molecule has 1 saturated carbocycles. The first kappa shape index (κ1) is 20.3. The van der Waals surface area contributed by atoms with Crippen LogP contribution in [0.25, 0.3) is 0 Å². The quantitative estimate of drug-likeness (QED) is 0.394. The van der Waals surface area contributed by atoms with E-state index in [1.54, 1.807) is 0 Å². The molecule has 23 heavy (non-hydrogen) atoms. The van der Waals surface area contributed by atoms with E-state index in [9.17, 15) is 4.79 Å². The van der Waals surface area contributed by atoms with Crippen LogP contribution in [0.4, 0.5) is 4.79 Å². The molecule has 2 aliphatic rings. The Morgan fingerprint density at radius 3 is 2.52 bits per heavy atom. The molecule has 1 aliphatic carbocycles. The first-order chi connectivity index (χ1) is 10.3. The minimum absolute atomic E-state index is 0. The zero-order valence-corrected chi connectivity index (χ0v) is 16.5. The molecule has 1 atom stereocenters. The van der Waals surface area contributed by atoms with E-state index in [0.717, 1.165) is 25.9 Å². The van der Waals surface area contributed by atoms with Crippen LogP contribution >= 0.6 is 24.0 Å². The third-order valence-electron chi connectivity index (χ3n) is 3.68. The molecule has 1 saturated heterocycles. The Labute approximate surface area is 155 Å². The number of amides is 1. The number of nitrogens with one attached hydrogen (secondary N) is 1. The summed E-state index contributed by atoms with van der Waals surface area (Å²) in [5.74, 6) is 1.01. The van der Waals surface area contributed by atoms with Crippen LogP contribution in [0.5, 0.6) is 0 Å². The summed E-state index contributed by atoms with van der Waals surface area (Å²) >= 11 is 0. The highest BCUT2D eigenvalue weighted by molar-refractivity contribution is 14.0. The lowest BCUT2D eigenvalue weighted by Gasteiger charge is -2.28. The lowest BCUT2D eigenvalue weighted by Crippen LogP contribution is -2.46. The van der Waals surface area contributed by atoms with Crippen molar-refractivity contribution in [3.8, 4) is 0 Å². The van der Waals surface area contributed by atoms with Gasteiger partial charge < -0.3 is 25.4 Å². The highest BCUT2D eigenvalue weighted by Gasteiger charge is 2.33. The molecule has 1 heterocycles. The van der Waals surface area contributed by atoms with Gasteiger partial charge in [-0.05, 0) is 39.5 Å². The Morgan fingerprint density at radius 1 is 1.39 bits per heavy atom. The third-order valence-corrected chi connectivity index (χ3v) is 3.68. The maximum absolute atomic E-state index is 11.9. The predicted molar refractivity (Wildman–Crippen MR) is 100 cm³/mol. The van der Waals surface area contributed by atoms with E-state index in [1.165, 1.54) is 0 Å². The van der Waals surface area contributed by atoms with Gasteiger partial charge in [0.2, 0.25) is 0 Å². The van der Waals surface area contributed by atoms with Crippen molar-refractivity contribution < 1.29 is 14.3 Å². The van der Waals surface area contributed by atoms with Crippen LogP contribution in [0.15, 0.2) is 4.99 Å². The van der Waals surface area contributed by atoms with Crippen LogP contribution in [-0.2, 0) is 9.47 Å². The van der Waals surface area contributed by atoms with E-state index in [2.05, 4.69) is 10.3 Å². The van der Waals surface area contributed by atoms with Crippen LogP contribution in [0, 0.1) is 5.92 Å². The van der Waals surface area contributed by atoms with Crippen LogP contribution in [-0.4, -0.2) is 61.4 Å². The van der Waals surface area contributed by atoms with Crippen molar-refractivity contribution in [1.29, 1.82) is 0 Å². The summed E-state index contributed by atoms with van der Waals surface area (Å²) in [6, 6.07) is -0.00515. The van der Waals surface area contributed by atoms with Crippen molar-refractivity contribution >= 4 is 36.0 Å². The number of guanidine groups is 1. The summed E-state index contributed by atoms with van der Waals surface area (Å²) in [6.07, 6.45) is 1.85. The molecule has 3 N–H and O–H groups in total. The second kappa shape index (κ2) is 8.91. The van der Waals surface area contributed by atoms with Crippen molar-refractivity contribution in [3.05, 3.63) is 0 Å². The van der Waals surface area contributed by atoms with E-state index in [-0.39, 0.29) is 36.1 Å². The van der Waals surface area contributed by atoms with Gasteiger partial charge in [-0.2, -0.15) is 0 Å². The Morgan fingerprint density at radius 2 is 2.00 bits per heavy atom. The van der Waals surface area contributed by atoms with Gasteiger partial charge in [-0.25, -0.2) is 4.79 Å². The minimum atomic E-state index is -0.492. The number of nitrogens with two attached hydrogens (primary N) is 1. The number of nitrogens with zero attached hydrogens (tertiary/aromatic N) is 2. The molecule has 0 aromatic rings. The number of halogens is 1. The van der Waals surface area contributed by atoms with E-state index in [1.807, 2.05) is 25.7 Å². The molecule has 0 aromatic carbocycles. The zero-order chi connectivity index (χ0) is 16.2. The van der Waals surface area contributed by atoms with Gasteiger partial charge in [0.15, 0.2) is 5.96 Å². The number of hydrogen-bond acceptors (Lipinski definition) is 4. The van der Waals surface area contributed by atoms with Crippen LogP contribution in [0.2, 0.25) is 0 Å². The molecule has 8 heteroatoms. The molecule has 7 nitrogen and oxygen atoms in total. The number of morpholine rings is 1. The SMILES string of the molecule is CC(C)(C)OC(=O)NC(CN=C(N)N1CCOCC1)C1CC1.I. The normalized spacial score (nSPS) is 20.5. The first-order valence-corrected chi connectivity index (χ1v) is 7.97. The molecule has 0 radical (unpaired) electrons. The molecule has 1 unspecified atom stereocenters. The van der Waals surface area contributed by atoms with Crippen LogP contribution in [0.1, 0.15) is 33.6 Å². The van der Waals surface area contributed by atoms with E-state index >= 15 is 0 Å². The molecule has 134 valence electrons. The lowest BCUT2D eigenvalue weighted by molar-refractivity contribution is 0.0500. The molecule has 1 amide bonds. The summed E-state index contributed by atoms with van der Waals surface area (Å²) in [7, 11) is 0. The van der Waals surface area contributed by atoms with Gasteiger partial charge in [0.1, 0.15) is 5.60 Å². The van der Waals surface area contributed by atoms with Gasteiger partial charge in [0.25, 0.3) is 0 Å². The Hall–Kier alpha value is -0.770. The van der Waals surface area contributed by atoms with Gasteiger partial charge in [-0.3, -0.25) is 4.99 Å². The summed E-state index contributed by atoms with van der Waals surface area (Å²) in [4.78, 5) is 18.4. The molecular weight excluding hydrogens is 411 g/mol. The average Bonchev–Trinajstić information content (AvgIpc) is 3.26. The molecular formula is C15H29IN4O3. The van der Waals surface area contributed by atoms with Gasteiger partial charge in [-0.1, -0.05) is 0 Å². The predicted octanol–water partition coefficient (Wildman–Crippen LogP) is 1.55. The third kappa shape index (κ3) is 7.56. The van der Waals surface area contributed by atoms with Crippen molar-refractivity contribution in [2.24, 2.45) is 16.6 Å². The summed E-state index contributed by atoms with van der Waals surface area (Å²) in [5.41, 5.74) is 5.53. The number of rotatable bonds is 4. The Bertz CT molecular complexity index is 415. The number of aliphatic imine (C=N–C) groups is 1. The van der Waals surface area contributed by atoms with Crippen molar-refractivity contribution in [2.75, 3.05) is 32.8 Å². The summed E-state index contributed by atoms with van der Waals surface area (Å²) in [6.45, 7) is 8.95. The van der Waals surface area contributed by atoms with E-state index < -0.39 is 5.60 Å². The van der Waals surface area contributed by atoms with Crippen molar-refractivity contribution in [2.45, 2.75) is 45.3 Å². The largest absolute Gasteiger partial charge is 0.444 e. The zero-order valence-electron chi connectivity index (χ0n) is 14.2. The molecule has 1 aliphatic heterocycles. The number of alkyl carbamates (subject to hydrolysis) is 1. The average molecular weight is 440 g/mol. The van der Waals surface area contributed by atoms with Crippen molar-refractivity contribution in [3.63, 3.8) is 0 Å². The minimum Gasteiger partial charge on any atom is -0.444 e. The van der Waals surface area contributed by atoms with Crippen LogP contribution in [0.3, 0.4) is 0 Å². The fourth-order valence-corrected chi connectivity index (χ4v) is 2.35. The van der Waals surface area contributed by atoms with Gasteiger partial charge in [0.05, 0.1) is 25.8 Å². The fraction of sp³-hybridized carbons (Fsp3) is 0.867. The fourth-order valence-electron chi connectivity index (χ4n) is 2.35. The standard InChI is InChI=1S/C15H28N4O3.HI/c1-15(2,3)22-14(20)18-12(11-4-5-11)10-17-13(16)19-6-8-21-9-7-19;/h11-12H,4-10H2,1-3H3,(H2,16,17)(H,18,20);1H. The molecule has 2 fully saturated rings. The number of carbonyl (C=O) groups is 1. The highest BCUT2D eigenvalue weighted by atomic mass is 127. The first-order valence-electron chi connectivity index (χ1n) is 7.97. The van der Waals surface area contributed by atoms with E-state index in [4.69, 9.17) is 15.2 Å². The maximum Gasteiger partial charge on any atom is 0.407 e. The van der Waals surface area contributed by atoms with Gasteiger partial charge in [-0.15, -0.1) is 24.0 Å². The summed E-state index contributed by atoms with van der Waals surface area (Å²) in [5, 5.41) is 2.93. The molecule has 0 spiro atoms. The number of carbonyl (C=O) groups excluding carboxylic acids is 1. The second-order valence-corrected chi connectivity index (χ2v) is 6.89. The Kier molecular flexibility index (Phi) is 7.85. The lowest BCUT2D eigenvalue weighted by atomic mass is 10.2. The topological polar surface area (TPSA) is 89.2 Å². The molecule has 2 rings (SSSR count). The molecule has 0 bridgehead atoms. The Balaban J connectivity index is 0.00000264. The second-order valence-electron chi connectivity index (χ2n) is 6.89. The summed E-state index contributed by atoms with van der Waals surface area (Å²) < 4.78 is 10.6. The smallest absolute Gasteiger partial charge is 0.407 e. The monoisotopic (exact) mass is 440 g/mol. The number of ether oxygens (including phenoxy) is 2. The van der Waals surface area contributed by atoms with Crippen LogP contribution < -0.4 is 11.1 Å². The van der Waals surface area contributed by atoms with Gasteiger partial charge in [0, 0.05) is 13.1 Å². The highest BCUT2D eigenvalue weighted by Crippen LogP contribution is 2.33.